The number of hydrogen-bond donors (Lipinski definition) is 0. The molecule has 2 aromatic carbocycles. The Kier molecular flexibility index (Phi) is 7.27. The van der Waals surface area contributed by atoms with E-state index in [-0.39, 0.29) is 28.8 Å². The molecular formula is C17H17Cl2F2NO4S. The number of methoxy groups -OCH3 is 1. The quantitative estimate of drug-likeness (QED) is 0.604. The lowest BCUT2D eigenvalue weighted by atomic mass is 10.2. The number of sulfonamides is 1. The van der Waals surface area contributed by atoms with Crippen LogP contribution in [0.3, 0.4) is 0 Å². The number of halogens is 4. The fourth-order valence-electron chi connectivity index (χ4n) is 2.31. The Balaban J connectivity index is 2.17. The SMILES string of the molecule is COc1ccc(CN(C)S(=O)(=O)Cc2ccc(Cl)c(Cl)c2)cc1OC(F)F. The third-order valence-corrected chi connectivity index (χ3v) is 6.17. The van der Waals surface area contributed by atoms with E-state index in [0.29, 0.717) is 16.1 Å². The number of alkyl halides is 2. The molecule has 0 aromatic heterocycles. The normalized spacial score (nSPS) is 11.9. The van der Waals surface area contributed by atoms with Gasteiger partial charge in [0.05, 0.1) is 22.9 Å². The molecule has 0 aliphatic carbocycles. The molecule has 148 valence electrons. The molecule has 0 aliphatic rings. The molecule has 0 aliphatic heterocycles. The Morgan fingerprint density at radius 3 is 2.30 bits per heavy atom. The summed E-state index contributed by atoms with van der Waals surface area (Å²) in [6, 6.07) is 8.90. The van der Waals surface area contributed by atoms with Crippen LogP contribution < -0.4 is 9.47 Å². The molecule has 10 heteroatoms. The van der Waals surface area contributed by atoms with E-state index in [9.17, 15) is 17.2 Å². The lowest BCUT2D eigenvalue weighted by Gasteiger charge is -2.18. The summed E-state index contributed by atoms with van der Waals surface area (Å²) in [5.74, 6) is -0.322. The van der Waals surface area contributed by atoms with Crippen LogP contribution in [0.2, 0.25) is 10.0 Å². The fraction of sp³-hybridized carbons (Fsp3) is 0.294. The number of ether oxygens (including phenoxy) is 2. The van der Waals surface area contributed by atoms with E-state index in [4.69, 9.17) is 27.9 Å². The van der Waals surface area contributed by atoms with Crippen LogP contribution in [0.5, 0.6) is 11.5 Å². The van der Waals surface area contributed by atoms with Gasteiger partial charge in [-0.15, -0.1) is 0 Å². The largest absolute Gasteiger partial charge is 0.493 e. The second-order valence-electron chi connectivity index (χ2n) is 5.62. The fourth-order valence-corrected chi connectivity index (χ4v) is 3.80. The predicted octanol–water partition coefficient (Wildman–Crippen LogP) is 4.57. The molecule has 5 nitrogen and oxygen atoms in total. The Morgan fingerprint density at radius 2 is 1.70 bits per heavy atom. The maximum absolute atomic E-state index is 12.6. The van der Waals surface area contributed by atoms with Crippen LogP contribution in [0, 0.1) is 0 Å². The Morgan fingerprint density at radius 1 is 1.04 bits per heavy atom. The van der Waals surface area contributed by atoms with Crippen LogP contribution in [-0.2, 0) is 22.3 Å². The van der Waals surface area contributed by atoms with Crippen LogP contribution in [0.4, 0.5) is 8.78 Å². The van der Waals surface area contributed by atoms with E-state index in [1.165, 1.54) is 38.4 Å². The molecule has 2 aromatic rings. The van der Waals surface area contributed by atoms with Crippen molar-refractivity contribution in [1.29, 1.82) is 0 Å². The van der Waals surface area contributed by atoms with Crippen molar-refractivity contribution in [3.05, 3.63) is 57.6 Å². The van der Waals surface area contributed by atoms with Gasteiger partial charge in [0.2, 0.25) is 10.0 Å². The van der Waals surface area contributed by atoms with E-state index < -0.39 is 16.6 Å². The third kappa shape index (κ3) is 5.93. The topological polar surface area (TPSA) is 55.8 Å². The van der Waals surface area contributed by atoms with Crippen LogP contribution >= 0.6 is 23.2 Å². The van der Waals surface area contributed by atoms with Crippen molar-refractivity contribution in [3.63, 3.8) is 0 Å². The van der Waals surface area contributed by atoms with E-state index in [0.717, 1.165) is 4.31 Å². The molecule has 0 unspecified atom stereocenters. The minimum absolute atomic E-state index is 0.0345. The lowest BCUT2D eigenvalue weighted by molar-refractivity contribution is -0.0512. The zero-order chi connectivity index (χ0) is 20.2. The van der Waals surface area contributed by atoms with Crippen molar-refractivity contribution < 1.29 is 26.7 Å². The van der Waals surface area contributed by atoms with Crippen LogP contribution in [0.1, 0.15) is 11.1 Å². The summed E-state index contributed by atoms with van der Waals surface area (Å²) in [5.41, 5.74) is 0.944. The zero-order valence-corrected chi connectivity index (χ0v) is 16.8. The van der Waals surface area contributed by atoms with E-state index in [1.807, 2.05) is 0 Å². The average Bonchev–Trinajstić information content (AvgIpc) is 2.57. The van der Waals surface area contributed by atoms with E-state index in [2.05, 4.69) is 4.74 Å². The van der Waals surface area contributed by atoms with Gasteiger partial charge in [-0.2, -0.15) is 8.78 Å². The van der Waals surface area contributed by atoms with Gasteiger partial charge < -0.3 is 9.47 Å². The molecule has 0 saturated heterocycles. The molecule has 0 fully saturated rings. The third-order valence-electron chi connectivity index (χ3n) is 3.66. The molecule has 27 heavy (non-hydrogen) atoms. The zero-order valence-electron chi connectivity index (χ0n) is 14.5. The van der Waals surface area contributed by atoms with Gasteiger partial charge >= 0.3 is 6.61 Å². The summed E-state index contributed by atoms with van der Waals surface area (Å²) in [4.78, 5) is 0. The monoisotopic (exact) mass is 439 g/mol. The smallest absolute Gasteiger partial charge is 0.387 e. The Hall–Kier alpha value is -1.61. The molecule has 0 heterocycles. The highest BCUT2D eigenvalue weighted by Crippen LogP contribution is 2.30. The summed E-state index contributed by atoms with van der Waals surface area (Å²) in [6.45, 7) is -3.06. The number of benzene rings is 2. The highest BCUT2D eigenvalue weighted by Gasteiger charge is 2.20. The van der Waals surface area contributed by atoms with Crippen LogP contribution in [0.15, 0.2) is 36.4 Å². The molecule has 0 saturated carbocycles. The molecule has 2 rings (SSSR count). The second-order valence-corrected chi connectivity index (χ2v) is 8.51. The molecule has 0 amide bonds. The minimum Gasteiger partial charge on any atom is -0.493 e. The number of rotatable bonds is 8. The first-order valence-corrected chi connectivity index (χ1v) is 9.98. The average molecular weight is 440 g/mol. The molecule has 0 atom stereocenters. The highest BCUT2D eigenvalue weighted by molar-refractivity contribution is 7.88. The summed E-state index contributed by atoms with van der Waals surface area (Å²) < 4.78 is 60.6. The predicted molar refractivity (Wildman–Crippen MR) is 100 cm³/mol. The van der Waals surface area contributed by atoms with Gasteiger partial charge in [0, 0.05) is 13.6 Å². The van der Waals surface area contributed by atoms with Gasteiger partial charge in [0.1, 0.15) is 0 Å². The van der Waals surface area contributed by atoms with Crippen molar-refractivity contribution in [2.24, 2.45) is 0 Å². The summed E-state index contributed by atoms with van der Waals surface area (Å²) in [7, 11) is -0.967. The Bertz CT molecular complexity index is 910. The number of nitrogens with zero attached hydrogens (tertiary/aromatic N) is 1. The summed E-state index contributed by atoms with van der Waals surface area (Å²) in [5, 5.41) is 0.590. The minimum atomic E-state index is -3.68. The molecular weight excluding hydrogens is 423 g/mol. The van der Waals surface area contributed by atoms with Crippen molar-refractivity contribution in [3.8, 4) is 11.5 Å². The maximum atomic E-state index is 12.6. The van der Waals surface area contributed by atoms with Gasteiger partial charge in [0.15, 0.2) is 11.5 Å². The van der Waals surface area contributed by atoms with Gasteiger partial charge in [-0.1, -0.05) is 35.3 Å². The van der Waals surface area contributed by atoms with Crippen molar-refractivity contribution in [2.45, 2.75) is 18.9 Å². The maximum Gasteiger partial charge on any atom is 0.387 e. The van der Waals surface area contributed by atoms with E-state index >= 15 is 0 Å². The molecule has 0 N–H and O–H groups in total. The highest BCUT2D eigenvalue weighted by atomic mass is 35.5. The molecule has 0 spiro atoms. The lowest BCUT2D eigenvalue weighted by Crippen LogP contribution is -2.27. The molecule has 0 bridgehead atoms. The first-order chi connectivity index (χ1) is 12.6. The van der Waals surface area contributed by atoms with E-state index in [1.54, 1.807) is 12.1 Å². The summed E-state index contributed by atoms with van der Waals surface area (Å²) in [6.07, 6.45) is 0. The van der Waals surface area contributed by atoms with Gasteiger partial charge in [-0.05, 0) is 35.4 Å². The molecule has 0 radical (unpaired) electrons. The first kappa shape index (κ1) is 21.7. The van der Waals surface area contributed by atoms with Gasteiger partial charge in [0.25, 0.3) is 0 Å². The van der Waals surface area contributed by atoms with Gasteiger partial charge in [-0.3, -0.25) is 0 Å². The van der Waals surface area contributed by atoms with Crippen molar-refractivity contribution in [2.75, 3.05) is 14.2 Å². The van der Waals surface area contributed by atoms with Crippen LogP contribution in [0.25, 0.3) is 0 Å². The Labute approximate surface area is 166 Å². The number of hydrogen-bond acceptors (Lipinski definition) is 4. The van der Waals surface area contributed by atoms with Gasteiger partial charge in [-0.25, -0.2) is 12.7 Å². The second kappa shape index (κ2) is 9.05. The standard InChI is InChI=1S/C17H17Cl2F2NO4S/c1-22(27(23,24)10-12-3-5-13(18)14(19)7-12)9-11-4-6-15(25-2)16(8-11)26-17(20)21/h3-8,17H,9-10H2,1-2H3. The van der Waals surface area contributed by atoms with Crippen molar-refractivity contribution >= 4 is 33.2 Å². The van der Waals surface area contributed by atoms with Crippen LogP contribution in [-0.4, -0.2) is 33.5 Å². The van der Waals surface area contributed by atoms with Crippen molar-refractivity contribution in [1.82, 2.24) is 4.31 Å². The summed E-state index contributed by atoms with van der Waals surface area (Å²) >= 11 is 11.7. The first-order valence-electron chi connectivity index (χ1n) is 7.62.